The van der Waals surface area contributed by atoms with Crippen molar-refractivity contribution in [3.63, 3.8) is 0 Å². The second-order valence-corrected chi connectivity index (χ2v) is 8.58. The number of hydrogen-bond donors (Lipinski definition) is 1. The van der Waals surface area contributed by atoms with Gasteiger partial charge in [0, 0.05) is 17.8 Å². The third kappa shape index (κ3) is 5.52. The van der Waals surface area contributed by atoms with Gasteiger partial charge in [-0.25, -0.2) is 13.2 Å². The highest BCUT2D eigenvalue weighted by atomic mass is 32.2. The van der Waals surface area contributed by atoms with Crippen LogP contribution in [0.2, 0.25) is 0 Å². The summed E-state index contributed by atoms with van der Waals surface area (Å²) in [6.45, 7) is -0.614. The number of benzene rings is 3. The standard InChI is InChI=1S/C22H19N3O7S/c1-32-22(27)16-6-5-7-17(14-16)23-21(26)15-24(18-10-12-19(13-11-18)25(28)29)33(30,31)20-8-3-2-4-9-20/h2-14H,15H2,1H3,(H,23,26). The predicted molar refractivity (Wildman–Crippen MR) is 120 cm³/mol. The SMILES string of the molecule is COC(=O)c1cccc(NC(=O)CN(c2ccc([N+](=O)[O-])cc2)S(=O)(=O)c2ccccc2)c1. The first-order chi connectivity index (χ1) is 15.7. The molecule has 10 nitrogen and oxygen atoms in total. The van der Waals surface area contributed by atoms with Crippen molar-refractivity contribution in [2.45, 2.75) is 4.90 Å². The summed E-state index contributed by atoms with van der Waals surface area (Å²) < 4.78 is 32.0. The number of sulfonamides is 1. The number of carbonyl (C=O) groups is 2. The molecule has 0 heterocycles. The summed E-state index contributed by atoms with van der Waals surface area (Å²) in [6, 6.07) is 18.3. The van der Waals surface area contributed by atoms with Gasteiger partial charge in [-0.15, -0.1) is 0 Å². The van der Waals surface area contributed by atoms with Crippen molar-refractivity contribution >= 4 is 39.0 Å². The van der Waals surface area contributed by atoms with E-state index >= 15 is 0 Å². The first-order valence-electron chi connectivity index (χ1n) is 9.53. The van der Waals surface area contributed by atoms with E-state index in [1.165, 1.54) is 55.6 Å². The van der Waals surface area contributed by atoms with Gasteiger partial charge in [0.2, 0.25) is 5.91 Å². The van der Waals surface area contributed by atoms with Crippen molar-refractivity contribution < 1.29 is 27.7 Å². The maximum absolute atomic E-state index is 13.3. The van der Waals surface area contributed by atoms with Crippen molar-refractivity contribution in [3.8, 4) is 0 Å². The summed E-state index contributed by atoms with van der Waals surface area (Å²) in [4.78, 5) is 34.8. The van der Waals surface area contributed by atoms with Crippen LogP contribution >= 0.6 is 0 Å². The lowest BCUT2D eigenvalue weighted by atomic mass is 10.2. The molecule has 0 saturated carbocycles. The molecule has 0 saturated heterocycles. The lowest BCUT2D eigenvalue weighted by molar-refractivity contribution is -0.384. The van der Waals surface area contributed by atoms with Gasteiger partial charge in [-0.05, 0) is 42.5 Å². The van der Waals surface area contributed by atoms with Crippen LogP contribution in [0.4, 0.5) is 17.1 Å². The molecular formula is C22H19N3O7S. The monoisotopic (exact) mass is 469 g/mol. The number of rotatable bonds is 8. The van der Waals surface area contributed by atoms with Crippen LogP contribution < -0.4 is 9.62 Å². The highest BCUT2D eigenvalue weighted by Crippen LogP contribution is 2.26. The minimum atomic E-state index is -4.17. The molecule has 0 aliphatic heterocycles. The van der Waals surface area contributed by atoms with E-state index in [9.17, 15) is 28.1 Å². The van der Waals surface area contributed by atoms with E-state index in [1.807, 2.05) is 0 Å². The van der Waals surface area contributed by atoms with Gasteiger partial charge in [-0.3, -0.25) is 19.2 Å². The molecule has 0 bridgehead atoms. The Kier molecular flexibility index (Phi) is 7.04. The summed E-state index contributed by atoms with van der Waals surface area (Å²) in [7, 11) is -2.95. The van der Waals surface area contributed by atoms with E-state index < -0.39 is 33.4 Å². The Morgan fingerprint density at radius 3 is 2.27 bits per heavy atom. The van der Waals surface area contributed by atoms with E-state index in [1.54, 1.807) is 18.2 Å². The molecule has 3 rings (SSSR count). The second-order valence-electron chi connectivity index (χ2n) is 6.72. The second kappa shape index (κ2) is 9.92. The highest BCUT2D eigenvalue weighted by molar-refractivity contribution is 7.92. The van der Waals surface area contributed by atoms with Gasteiger partial charge >= 0.3 is 5.97 Å². The fraction of sp³-hybridized carbons (Fsp3) is 0.0909. The van der Waals surface area contributed by atoms with E-state index in [2.05, 4.69) is 10.1 Å². The number of amides is 1. The predicted octanol–water partition coefficient (Wildman–Crippen LogP) is 3.22. The summed E-state index contributed by atoms with van der Waals surface area (Å²) >= 11 is 0. The van der Waals surface area contributed by atoms with Crippen LogP contribution in [0.3, 0.4) is 0 Å². The fourth-order valence-corrected chi connectivity index (χ4v) is 4.39. The summed E-state index contributed by atoms with van der Waals surface area (Å²) in [5.41, 5.74) is 0.325. The minimum absolute atomic E-state index is 0.0520. The number of carbonyl (C=O) groups excluding carboxylic acids is 2. The Balaban J connectivity index is 1.92. The largest absolute Gasteiger partial charge is 0.465 e. The van der Waals surface area contributed by atoms with Crippen LogP contribution in [0.1, 0.15) is 10.4 Å². The number of nitrogens with one attached hydrogen (secondary N) is 1. The molecule has 0 fully saturated rings. The van der Waals surface area contributed by atoms with E-state index in [-0.39, 0.29) is 27.5 Å². The topological polar surface area (TPSA) is 136 Å². The molecule has 0 atom stereocenters. The zero-order chi connectivity index (χ0) is 24.0. The third-order valence-corrected chi connectivity index (χ3v) is 6.32. The van der Waals surface area contributed by atoms with Crippen molar-refractivity contribution in [2.75, 3.05) is 23.3 Å². The molecule has 0 aromatic heterocycles. The third-order valence-electron chi connectivity index (χ3n) is 4.53. The number of esters is 1. The van der Waals surface area contributed by atoms with Crippen LogP contribution in [0.25, 0.3) is 0 Å². The minimum Gasteiger partial charge on any atom is -0.465 e. The Hall–Kier alpha value is -4.25. The van der Waals surface area contributed by atoms with Crippen molar-refractivity contribution in [1.82, 2.24) is 0 Å². The quantitative estimate of drug-likeness (QED) is 0.304. The van der Waals surface area contributed by atoms with Crippen LogP contribution in [0.15, 0.2) is 83.8 Å². The van der Waals surface area contributed by atoms with Gasteiger partial charge in [0.1, 0.15) is 6.54 Å². The lowest BCUT2D eigenvalue weighted by Crippen LogP contribution is -2.38. The number of methoxy groups -OCH3 is 1. The summed E-state index contributed by atoms with van der Waals surface area (Å²) in [5, 5.41) is 13.5. The van der Waals surface area contributed by atoms with E-state index in [4.69, 9.17) is 0 Å². The van der Waals surface area contributed by atoms with Crippen molar-refractivity contribution in [1.29, 1.82) is 0 Å². The van der Waals surface area contributed by atoms with Gasteiger partial charge in [0.05, 0.1) is 28.2 Å². The highest BCUT2D eigenvalue weighted by Gasteiger charge is 2.27. The van der Waals surface area contributed by atoms with Crippen molar-refractivity contribution in [3.05, 3.63) is 94.5 Å². The number of non-ortho nitro benzene ring substituents is 1. The van der Waals surface area contributed by atoms with Crippen LogP contribution in [0.5, 0.6) is 0 Å². The summed E-state index contributed by atoms with van der Waals surface area (Å²) in [6.07, 6.45) is 0. The molecule has 3 aromatic rings. The lowest BCUT2D eigenvalue weighted by Gasteiger charge is -2.24. The van der Waals surface area contributed by atoms with Crippen LogP contribution in [-0.2, 0) is 19.6 Å². The van der Waals surface area contributed by atoms with Gasteiger partial charge < -0.3 is 10.1 Å². The maximum Gasteiger partial charge on any atom is 0.337 e. The molecule has 0 unspecified atom stereocenters. The molecule has 0 aliphatic carbocycles. The zero-order valence-corrected chi connectivity index (χ0v) is 18.2. The molecule has 0 radical (unpaired) electrons. The average Bonchev–Trinajstić information content (AvgIpc) is 2.82. The van der Waals surface area contributed by atoms with Crippen molar-refractivity contribution in [2.24, 2.45) is 0 Å². The Labute approximate surface area is 189 Å². The normalized spacial score (nSPS) is 10.8. The van der Waals surface area contributed by atoms with Gasteiger partial charge in [0.25, 0.3) is 15.7 Å². The van der Waals surface area contributed by atoms with E-state index in [0.717, 1.165) is 16.4 Å². The molecule has 33 heavy (non-hydrogen) atoms. The first-order valence-corrected chi connectivity index (χ1v) is 11.0. The fourth-order valence-electron chi connectivity index (χ4n) is 2.95. The molecule has 0 aliphatic rings. The Bertz CT molecular complexity index is 1280. The number of nitro groups is 1. The molecule has 3 aromatic carbocycles. The Morgan fingerprint density at radius 2 is 1.67 bits per heavy atom. The molecule has 0 spiro atoms. The van der Waals surface area contributed by atoms with Crippen LogP contribution in [-0.4, -0.2) is 38.9 Å². The van der Waals surface area contributed by atoms with Crippen LogP contribution in [0, 0.1) is 10.1 Å². The van der Waals surface area contributed by atoms with Gasteiger partial charge in [-0.1, -0.05) is 24.3 Å². The summed E-state index contributed by atoms with van der Waals surface area (Å²) in [5.74, 6) is -1.28. The molecule has 11 heteroatoms. The molecular weight excluding hydrogens is 450 g/mol. The Morgan fingerprint density at radius 1 is 1.00 bits per heavy atom. The number of nitro benzene ring substituents is 1. The number of hydrogen-bond acceptors (Lipinski definition) is 7. The van der Waals surface area contributed by atoms with E-state index in [0.29, 0.717) is 0 Å². The molecule has 1 N–H and O–H groups in total. The number of anilines is 2. The number of nitrogens with zero attached hydrogens (tertiary/aromatic N) is 2. The average molecular weight is 469 g/mol. The molecule has 170 valence electrons. The first kappa shape index (κ1) is 23.4. The molecule has 1 amide bonds. The van der Waals surface area contributed by atoms with Gasteiger partial charge in [0.15, 0.2) is 0 Å². The zero-order valence-electron chi connectivity index (χ0n) is 17.4. The van der Waals surface area contributed by atoms with Gasteiger partial charge in [-0.2, -0.15) is 0 Å². The number of ether oxygens (including phenoxy) is 1. The smallest absolute Gasteiger partial charge is 0.337 e. The maximum atomic E-state index is 13.3.